The normalized spacial score (nSPS) is 12.2. The van der Waals surface area contributed by atoms with E-state index in [9.17, 15) is 9.59 Å². The van der Waals surface area contributed by atoms with Gasteiger partial charge in [0.2, 0.25) is 0 Å². The number of hydroxylamine groups is 1. The van der Waals surface area contributed by atoms with Crippen LogP contribution in [0.2, 0.25) is 0 Å². The third-order valence-electron chi connectivity index (χ3n) is 1.02. The summed E-state index contributed by atoms with van der Waals surface area (Å²) in [7, 11) is 1.51. The topological polar surface area (TPSA) is 77.0 Å². The van der Waals surface area contributed by atoms with Crippen LogP contribution < -0.4 is 5.48 Å². The van der Waals surface area contributed by atoms with Crippen molar-refractivity contribution in [1.82, 2.24) is 5.48 Å². The van der Waals surface area contributed by atoms with E-state index in [0.717, 1.165) is 0 Å². The van der Waals surface area contributed by atoms with Crippen molar-refractivity contribution in [3.63, 3.8) is 0 Å². The number of rotatable bonds is 4. The van der Waals surface area contributed by atoms with Gasteiger partial charge in [0.25, 0.3) is 0 Å². The van der Waals surface area contributed by atoms with Crippen molar-refractivity contribution in [2.45, 2.75) is 20.0 Å². The van der Waals surface area contributed by atoms with Crippen LogP contribution in [0.4, 0.5) is 0 Å². The average Bonchev–Trinajstić information content (AvgIpc) is 2.03. The van der Waals surface area contributed by atoms with Crippen LogP contribution >= 0.6 is 0 Å². The van der Waals surface area contributed by atoms with Gasteiger partial charge in [0, 0.05) is 14.0 Å². The number of hydrogen-bond donors (Lipinski definition) is 1. The van der Waals surface area contributed by atoms with Crippen LogP contribution in [0.15, 0.2) is 4.99 Å². The van der Waals surface area contributed by atoms with Crippen molar-refractivity contribution in [2.24, 2.45) is 4.99 Å². The minimum Gasteiger partial charge on any atom is -0.451 e. The number of carbonyl (C=O) groups is 2. The first-order valence-corrected chi connectivity index (χ1v) is 3.62. The third-order valence-corrected chi connectivity index (χ3v) is 1.02. The molecule has 6 heteroatoms. The van der Waals surface area contributed by atoms with Gasteiger partial charge in [-0.1, -0.05) is 0 Å². The predicted octanol–water partition coefficient (Wildman–Crippen LogP) is -0.356. The van der Waals surface area contributed by atoms with Crippen LogP contribution in [-0.4, -0.2) is 31.4 Å². The van der Waals surface area contributed by atoms with E-state index in [0.29, 0.717) is 0 Å². The highest BCUT2D eigenvalue weighted by molar-refractivity contribution is 5.78. The molecule has 13 heavy (non-hydrogen) atoms. The third kappa shape index (κ3) is 5.66. The van der Waals surface area contributed by atoms with Crippen LogP contribution in [0.1, 0.15) is 13.8 Å². The highest BCUT2D eigenvalue weighted by Gasteiger charge is 2.17. The Morgan fingerprint density at radius 1 is 1.54 bits per heavy atom. The molecule has 74 valence electrons. The van der Waals surface area contributed by atoms with E-state index in [1.807, 2.05) is 0 Å². The number of hydrogen-bond acceptors (Lipinski definition) is 5. The highest BCUT2D eigenvalue weighted by Crippen LogP contribution is 1.93. The van der Waals surface area contributed by atoms with Gasteiger partial charge in [0.05, 0.1) is 0 Å². The van der Waals surface area contributed by atoms with Gasteiger partial charge in [-0.3, -0.25) is 9.79 Å². The van der Waals surface area contributed by atoms with E-state index in [1.165, 1.54) is 27.2 Å². The van der Waals surface area contributed by atoms with Gasteiger partial charge in [-0.25, -0.2) is 10.3 Å². The van der Waals surface area contributed by atoms with Crippen molar-refractivity contribution in [3.05, 3.63) is 0 Å². The summed E-state index contributed by atoms with van der Waals surface area (Å²) in [6.07, 6.45) is 0.272. The smallest absolute Gasteiger partial charge is 0.372 e. The summed E-state index contributed by atoms with van der Waals surface area (Å²) in [5, 5.41) is 0. The summed E-state index contributed by atoms with van der Waals surface area (Å²) < 4.78 is 4.54. The molecule has 0 aliphatic rings. The zero-order valence-corrected chi connectivity index (χ0v) is 7.73. The van der Waals surface area contributed by atoms with Crippen molar-refractivity contribution < 1.29 is 19.2 Å². The summed E-state index contributed by atoms with van der Waals surface area (Å²) in [5.41, 5.74) is 2.16. The summed E-state index contributed by atoms with van der Waals surface area (Å²) in [4.78, 5) is 29.3. The molecule has 0 fully saturated rings. The van der Waals surface area contributed by atoms with Crippen molar-refractivity contribution in [2.75, 3.05) is 7.05 Å². The molecule has 0 bridgehead atoms. The second kappa shape index (κ2) is 5.99. The minimum absolute atomic E-state index is 0.534. The van der Waals surface area contributed by atoms with E-state index in [2.05, 4.69) is 20.0 Å². The van der Waals surface area contributed by atoms with Crippen LogP contribution in [0.25, 0.3) is 0 Å². The van der Waals surface area contributed by atoms with E-state index >= 15 is 0 Å². The number of nitrogens with one attached hydrogen (secondary N) is 1. The Kier molecular flexibility index (Phi) is 5.25. The maximum atomic E-state index is 10.9. The molecule has 0 saturated heterocycles. The van der Waals surface area contributed by atoms with E-state index in [4.69, 9.17) is 0 Å². The second-order valence-electron chi connectivity index (χ2n) is 2.18. The van der Waals surface area contributed by atoms with Crippen LogP contribution in [0.5, 0.6) is 0 Å². The molecule has 0 aliphatic heterocycles. The quantitative estimate of drug-likeness (QED) is 0.282. The van der Waals surface area contributed by atoms with Gasteiger partial charge >= 0.3 is 11.9 Å². The molecular weight excluding hydrogens is 176 g/mol. The number of carbonyl (C=O) groups excluding carboxylic acids is 2. The van der Waals surface area contributed by atoms with Crippen LogP contribution in [0, 0.1) is 0 Å². The first-order valence-electron chi connectivity index (χ1n) is 3.62. The van der Waals surface area contributed by atoms with Gasteiger partial charge < -0.3 is 9.57 Å². The largest absolute Gasteiger partial charge is 0.451 e. The number of nitrogens with zero attached hydrogens (tertiary/aromatic N) is 1. The number of aliphatic imine (C=N–C) groups is 1. The summed E-state index contributed by atoms with van der Waals surface area (Å²) in [6, 6.07) is 0. The maximum absolute atomic E-state index is 10.9. The lowest BCUT2D eigenvalue weighted by atomic mass is 10.4. The van der Waals surface area contributed by atoms with E-state index in [-0.39, 0.29) is 0 Å². The average molecular weight is 188 g/mol. The summed E-state index contributed by atoms with van der Waals surface area (Å²) in [5.74, 6) is -1.22. The van der Waals surface area contributed by atoms with Crippen molar-refractivity contribution >= 4 is 18.3 Å². The lowest BCUT2D eigenvalue weighted by Gasteiger charge is -2.09. The molecule has 0 aliphatic carbocycles. The molecule has 0 aromatic heterocycles. The molecule has 0 spiro atoms. The van der Waals surface area contributed by atoms with Crippen LogP contribution in [-0.2, 0) is 19.2 Å². The molecule has 0 radical (unpaired) electrons. The van der Waals surface area contributed by atoms with Crippen LogP contribution in [0.3, 0.4) is 0 Å². The Balaban J connectivity index is 3.75. The molecule has 0 aromatic rings. The van der Waals surface area contributed by atoms with E-state index in [1.54, 1.807) is 0 Å². The Hall–Kier alpha value is -1.59. The van der Waals surface area contributed by atoms with Gasteiger partial charge in [-0.05, 0) is 6.92 Å². The Bertz CT molecular complexity index is 215. The number of esters is 1. The monoisotopic (exact) mass is 188 g/mol. The molecule has 1 atom stereocenters. The van der Waals surface area contributed by atoms with Crippen molar-refractivity contribution in [3.8, 4) is 0 Å². The Morgan fingerprint density at radius 3 is 2.62 bits per heavy atom. The fraction of sp³-hybridized carbons (Fsp3) is 0.571. The Labute approximate surface area is 75.9 Å². The fourth-order valence-corrected chi connectivity index (χ4v) is 0.517. The molecule has 0 aromatic carbocycles. The molecule has 1 N–H and O–H groups in total. The first kappa shape index (κ1) is 11.4. The van der Waals surface area contributed by atoms with Crippen molar-refractivity contribution in [1.29, 1.82) is 0 Å². The molecule has 0 saturated carbocycles. The SMILES string of the molecule is CN=CNOC(=O)C(C)OC(C)=O. The molecular formula is C7H12N2O4. The first-order chi connectivity index (χ1) is 6.07. The van der Waals surface area contributed by atoms with E-state index < -0.39 is 18.0 Å². The standard InChI is InChI=1S/C7H12N2O4/c1-5(12-6(2)10)7(11)13-9-4-8-3/h4-5H,1-3H3,(H,8,9). The fourth-order valence-electron chi connectivity index (χ4n) is 0.517. The van der Waals surface area contributed by atoms with Gasteiger partial charge in [-0.2, -0.15) is 0 Å². The van der Waals surface area contributed by atoms with Gasteiger partial charge in [0.15, 0.2) is 6.10 Å². The molecule has 0 amide bonds. The summed E-state index contributed by atoms with van der Waals surface area (Å²) >= 11 is 0. The minimum atomic E-state index is -0.921. The predicted molar refractivity (Wildman–Crippen MR) is 44.9 cm³/mol. The molecule has 1 unspecified atom stereocenters. The number of ether oxygens (including phenoxy) is 1. The van der Waals surface area contributed by atoms with Gasteiger partial charge in [0.1, 0.15) is 6.34 Å². The lowest BCUT2D eigenvalue weighted by molar-refractivity contribution is -0.168. The highest BCUT2D eigenvalue weighted by atomic mass is 16.7. The maximum Gasteiger partial charge on any atom is 0.372 e. The van der Waals surface area contributed by atoms with Gasteiger partial charge in [-0.15, -0.1) is 0 Å². The molecule has 0 rings (SSSR count). The zero-order chi connectivity index (χ0) is 10.3. The molecule has 6 nitrogen and oxygen atoms in total. The summed E-state index contributed by atoms with van der Waals surface area (Å²) in [6.45, 7) is 2.62. The second-order valence-corrected chi connectivity index (χ2v) is 2.18. The Morgan fingerprint density at radius 2 is 2.15 bits per heavy atom. The molecule has 0 heterocycles. The lowest BCUT2D eigenvalue weighted by Crippen LogP contribution is -2.30. The zero-order valence-electron chi connectivity index (χ0n) is 7.73.